The van der Waals surface area contributed by atoms with Crippen LogP contribution in [-0.4, -0.2) is 51.6 Å². The summed E-state index contributed by atoms with van der Waals surface area (Å²) in [4.78, 5) is 13.8. The van der Waals surface area contributed by atoms with E-state index in [-0.39, 0.29) is 34.7 Å². The summed E-state index contributed by atoms with van der Waals surface area (Å²) in [6.07, 6.45) is 1.41. The van der Waals surface area contributed by atoms with Gasteiger partial charge in [-0.2, -0.15) is 0 Å². The second-order valence-electron chi connectivity index (χ2n) is 7.76. The maximum atomic E-state index is 13.8. The van der Waals surface area contributed by atoms with Crippen LogP contribution in [0.3, 0.4) is 0 Å². The lowest BCUT2D eigenvalue weighted by atomic mass is 9.97. The number of likely N-dealkylation sites (tertiary alicyclic amines) is 1. The van der Waals surface area contributed by atoms with Crippen molar-refractivity contribution < 1.29 is 22.3 Å². The smallest absolute Gasteiger partial charge is 0.317 e. The van der Waals surface area contributed by atoms with Gasteiger partial charge in [-0.1, -0.05) is 0 Å². The van der Waals surface area contributed by atoms with E-state index in [2.05, 4.69) is 10.0 Å². The van der Waals surface area contributed by atoms with Gasteiger partial charge >= 0.3 is 6.03 Å². The molecule has 0 radical (unpaired) electrons. The van der Waals surface area contributed by atoms with Crippen LogP contribution in [0, 0.1) is 11.7 Å². The van der Waals surface area contributed by atoms with Gasteiger partial charge in [0.15, 0.2) is 11.6 Å². The first-order valence-electron chi connectivity index (χ1n) is 8.92. The van der Waals surface area contributed by atoms with Crippen molar-refractivity contribution in [3.63, 3.8) is 0 Å². The number of piperidine rings is 1. The third-order valence-corrected chi connectivity index (χ3v) is 5.80. The van der Waals surface area contributed by atoms with E-state index in [0.29, 0.717) is 25.9 Å². The summed E-state index contributed by atoms with van der Waals surface area (Å²) in [7, 11) is -2.48. The van der Waals surface area contributed by atoms with E-state index in [1.165, 1.54) is 19.2 Å². The van der Waals surface area contributed by atoms with Crippen LogP contribution in [0.15, 0.2) is 23.1 Å². The molecule has 7 nitrogen and oxygen atoms in total. The quantitative estimate of drug-likeness (QED) is 0.793. The Kier molecular flexibility index (Phi) is 6.69. The lowest BCUT2D eigenvalue weighted by Gasteiger charge is -2.34. The Morgan fingerprint density at radius 1 is 1.30 bits per heavy atom. The fourth-order valence-corrected chi connectivity index (χ4v) is 3.99. The van der Waals surface area contributed by atoms with Crippen molar-refractivity contribution in [3.8, 4) is 5.75 Å². The highest BCUT2D eigenvalue weighted by Crippen LogP contribution is 2.22. The van der Waals surface area contributed by atoms with Crippen LogP contribution in [0.1, 0.15) is 33.6 Å². The number of methoxy groups -OCH3 is 1. The van der Waals surface area contributed by atoms with Crippen LogP contribution in [-0.2, 0) is 10.0 Å². The number of urea groups is 1. The first-order chi connectivity index (χ1) is 12.5. The summed E-state index contributed by atoms with van der Waals surface area (Å²) in [5, 5.41) is 2.93. The number of hydrogen-bond acceptors (Lipinski definition) is 4. The minimum atomic E-state index is -3.80. The second-order valence-corrected chi connectivity index (χ2v) is 9.53. The lowest BCUT2D eigenvalue weighted by Crippen LogP contribution is -2.51. The number of amides is 2. The number of ether oxygens (including phenoxy) is 1. The predicted molar refractivity (Wildman–Crippen MR) is 101 cm³/mol. The van der Waals surface area contributed by atoms with Gasteiger partial charge in [0.2, 0.25) is 10.0 Å². The van der Waals surface area contributed by atoms with E-state index in [0.717, 1.165) is 6.07 Å². The van der Waals surface area contributed by atoms with Crippen molar-refractivity contribution in [1.82, 2.24) is 14.9 Å². The van der Waals surface area contributed by atoms with Gasteiger partial charge in [-0.15, -0.1) is 0 Å². The number of hydrogen-bond donors (Lipinski definition) is 2. The summed E-state index contributed by atoms with van der Waals surface area (Å²) in [6.45, 7) is 7.18. The van der Waals surface area contributed by atoms with Crippen LogP contribution in [0.5, 0.6) is 5.75 Å². The molecule has 2 N–H and O–H groups in total. The van der Waals surface area contributed by atoms with E-state index >= 15 is 0 Å². The Morgan fingerprint density at radius 2 is 1.93 bits per heavy atom. The Hall–Kier alpha value is -1.87. The van der Waals surface area contributed by atoms with Gasteiger partial charge in [-0.05, 0) is 57.7 Å². The average molecular weight is 402 g/mol. The van der Waals surface area contributed by atoms with Crippen molar-refractivity contribution in [2.45, 2.75) is 44.0 Å². The molecule has 0 saturated carbocycles. The number of halogens is 1. The molecular weight excluding hydrogens is 373 g/mol. The maximum Gasteiger partial charge on any atom is 0.317 e. The molecule has 1 aromatic rings. The van der Waals surface area contributed by atoms with Crippen molar-refractivity contribution in [3.05, 3.63) is 24.0 Å². The van der Waals surface area contributed by atoms with Crippen LogP contribution >= 0.6 is 0 Å². The van der Waals surface area contributed by atoms with Gasteiger partial charge in [0, 0.05) is 25.2 Å². The van der Waals surface area contributed by atoms with Gasteiger partial charge < -0.3 is 15.0 Å². The number of rotatable bonds is 5. The summed E-state index contributed by atoms with van der Waals surface area (Å²) < 4.78 is 45.8. The molecule has 152 valence electrons. The van der Waals surface area contributed by atoms with Gasteiger partial charge in [-0.25, -0.2) is 22.3 Å². The molecule has 2 rings (SSSR count). The lowest BCUT2D eigenvalue weighted by molar-refractivity contribution is 0.163. The number of carbonyl (C=O) groups is 1. The third kappa shape index (κ3) is 6.07. The molecule has 1 aromatic carbocycles. The van der Waals surface area contributed by atoms with Crippen molar-refractivity contribution in [2.75, 3.05) is 26.7 Å². The van der Waals surface area contributed by atoms with E-state index < -0.39 is 15.8 Å². The summed E-state index contributed by atoms with van der Waals surface area (Å²) in [5.74, 6) is -0.602. The highest BCUT2D eigenvalue weighted by molar-refractivity contribution is 7.89. The first-order valence-corrected chi connectivity index (χ1v) is 10.4. The predicted octanol–water partition coefficient (Wildman–Crippen LogP) is 2.33. The average Bonchev–Trinajstić information content (AvgIpc) is 2.59. The molecule has 27 heavy (non-hydrogen) atoms. The van der Waals surface area contributed by atoms with Crippen LogP contribution in [0.4, 0.5) is 9.18 Å². The molecule has 0 aromatic heterocycles. The van der Waals surface area contributed by atoms with Gasteiger partial charge in [0.1, 0.15) is 0 Å². The fraction of sp³-hybridized carbons (Fsp3) is 0.611. The molecule has 1 saturated heterocycles. The highest BCUT2D eigenvalue weighted by atomic mass is 32.2. The monoisotopic (exact) mass is 401 g/mol. The van der Waals surface area contributed by atoms with E-state index in [1.54, 1.807) is 4.90 Å². The molecule has 9 heteroatoms. The van der Waals surface area contributed by atoms with Gasteiger partial charge in [0.25, 0.3) is 0 Å². The van der Waals surface area contributed by atoms with E-state index in [9.17, 15) is 17.6 Å². The van der Waals surface area contributed by atoms with Crippen molar-refractivity contribution in [2.24, 2.45) is 5.92 Å². The molecule has 1 fully saturated rings. The molecule has 1 heterocycles. The molecule has 2 amide bonds. The second kappa shape index (κ2) is 8.43. The number of nitrogens with one attached hydrogen (secondary N) is 2. The first kappa shape index (κ1) is 21.4. The molecule has 0 aliphatic carbocycles. The Bertz CT molecular complexity index is 769. The number of nitrogens with zero attached hydrogens (tertiary/aromatic N) is 1. The minimum absolute atomic E-state index is 0.00476. The number of carbonyl (C=O) groups excluding carboxylic acids is 1. The van der Waals surface area contributed by atoms with E-state index in [4.69, 9.17) is 4.74 Å². The largest absolute Gasteiger partial charge is 0.494 e. The number of benzene rings is 1. The van der Waals surface area contributed by atoms with Gasteiger partial charge in [-0.3, -0.25) is 0 Å². The van der Waals surface area contributed by atoms with Crippen LogP contribution in [0.2, 0.25) is 0 Å². The molecular formula is C18H28FN3O4S. The topological polar surface area (TPSA) is 87.7 Å². The Balaban J connectivity index is 1.87. The summed E-state index contributed by atoms with van der Waals surface area (Å²) >= 11 is 0. The third-order valence-electron chi connectivity index (χ3n) is 4.38. The fourth-order valence-electron chi connectivity index (χ4n) is 2.87. The van der Waals surface area contributed by atoms with Crippen LogP contribution in [0.25, 0.3) is 0 Å². The summed E-state index contributed by atoms with van der Waals surface area (Å²) in [5.41, 5.74) is -0.294. The van der Waals surface area contributed by atoms with Crippen molar-refractivity contribution in [1.29, 1.82) is 0 Å². The normalized spacial score (nSPS) is 16.3. The Morgan fingerprint density at radius 3 is 2.44 bits per heavy atom. The zero-order valence-corrected chi connectivity index (χ0v) is 17.0. The standard InChI is InChI=1S/C18H28FN3O4S/c1-18(2,3)21-17(23)22-9-7-13(8-10-22)12-20-27(24,25)14-5-6-16(26-4)15(19)11-14/h5-6,11,13,20H,7-10,12H2,1-4H3,(H,21,23). The zero-order valence-electron chi connectivity index (χ0n) is 16.2. The van der Waals surface area contributed by atoms with E-state index in [1.807, 2.05) is 20.8 Å². The SMILES string of the molecule is COc1ccc(S(=O)(=O)NCC2CCN(C(=O)NC(C)(C)C)CC2)cc1F. The molecule has 1 aliphatic rings. The highest BCUT2D eigenvalue weighted by Gasteiger charge is 2.26. The molecule has 0 atom stereocenters. The molecule has 0 unspecified atom stereocenters. The minimum Gasteiger partial charge on any atom is -0.494 e. The van der Waals surface area contributed by atoms with Crippen LogP contribution < -0.4 is 14.8 Å². The molecule has 0 spiro atoms. The molecule has 0 bridgehead atoms. The maximum absolute atomic E-state index is 13.8. The zero-order chi connectivity index (χ0) is 20.2. The molecule has 1 aliphatic heterocycles. The summed E-state index contributed by atoms with van der Waals surface area (Å²) in [6, 6.07) is 3.44. The number of sulfonamides is 1. The Labute approximate surface area is 160 Å². The van der Waals surface area contributed by atoms with Gasteiger partial charge in [0.05, 0.1) is 12.0 Å². The van der Waals surface area contributed by atoms with Crippen molar-refractivity contribution >= 4 is 16.1 Å².